The highest BCUT2D eigenvalue weighted by molar-refractivity contribution is 6.03. The smallest absolute Gasteiger partial charge is 0.336 e. The summed E-state index contributed by atoms with van der Waals surface area (Å²) >= 11 is 0. The fourth-order valence-corrected chi connectivity index (χ4v) is 2.97. The van der Waals surface area contributed by atoms with Crippen LogP contribution < -0.4 is 0 Å². The first-order chi connectivity index (χ1) is 14.7. The normalized spacial score (nSPS) is 13.3. The molecule has 0 saturated heterocycles. The summed E-state index contributed by atoms with van der Waals surface area (Å²) in [5.41, 5.74) is 0.00518. The third kappa shape index (κ3) is 6.14. The molecule has 160 valence electrons. The maximum absolute atomic E-state index is 10.6. The Morgan fingerprint density at radius 2 is 1.68 bits per heavy atom. The first kappa shape index (κ1) is 23.1. The third-order valence-corrected chi connectivity index (χ3v) is 4.55. The number of hydrogen-bond acceptors (Lipinski definition) is 6. The topological polar surface area (TPSA) is 151 Å². The molecule has 0 aliphatic carbocycles. The van der Waals surface area contributed by atoms with Crippen molar-refractivity contribution in [3.63, 3.8) is 0 Å². The van der Waals surface area contributed by atoms with Gasteiger partial charge in [-0.3, -0.25) is 4.99 Å². The summed E-state index contributed by atoms with van der Waals surface area (Å²) < 4.78 is 0. The Morgan fingerprint density at radius 1 is 1.03 bits per heavy atom. The fraction of sp³-hybridized carbons (Fsp3) is 0.227. The van der Waals surface area contributed by atoms with Crippen LogP contribution in [0.25, 0.3) is 0 Å². The van der Waals surface area contributed by atoms with Crippen LogP contribution in [0.1, 0.15) is 43.6 Å². The number of aliphatic imine (C=N–C) groups is 1. The summed E-state index contributed by atoms with van der Waals surface area (Å²) in [5, 5.41) is 34.8. The molecule has 0 radical (unpaired) electrons. The second-order valence-corrected chi connectivity index (χ2v) is 6.63. The molecule has 1 atom stereocenters. The summed E-state index contributed by atoms with van der Waals surface area (Å²) in [6, 6.07) is 15.3. The van der Waals surface area contributed by atoms with E-state index in [1.165, 1.54) is 5.56 Å². The summed E-state index contributed by atoms with van der Waals surface area (Å²) in [6.45, 7) is 3.61. The Kier molecular flexibility index (Phi) is 7.86. The number of rotatable bonds is 6. The van der Waals surface area contributed by atoms with Gasteiger partial charge in [0, 0.05) is 13.0 Å². The van der Waals surface area contributed by atoms with Gasteiger partial charge in [0.2, 0.25) is 0 Å². The van der Waals surface area contributed by atoms with E-state index in [4.69, 9.17) is 20.6 Å². The number of nitriles is 1. The van der Waals surface area contributed by atoms with Gasteiger partial charge in [-0.1, -0.05) is 30.3 Å². The zero-order valence-corrected chi connectivity index (χ0v) is 16.7. The van der Waals surface area contributed by atoms with Crippen molar-refractivity contribution in [2.24, 2.45) is 4.99 Å². The fourth-order valence-electron chi connectivity index (χ4n) is 2.97. The van der Waals surface area contributed by atoms with E-state index < -0.39 is 29.0 Å². The maximum Gasteiger partial charge on any atom is 0.336 e. The lowest BCUT2D eigenvalue weighted by molar-refractivity contribution is 0.0649. The summed E-state index contributed by atoms with van der Waals surface area (Å²) in [6.07, 6.45) is 0.826. The highest BCUT2D eigenvalue weighted by Gasteiger charge is 2.21. The van der Waals surface area contributed by atoms with Gasteiger partial charge in [-0.2, -0.15) is 5.26 Å². The Morgan fingerprint density at radius 3 is 2.23 bits per heavy atom. The zero-order valence-electron chi connectivity index (χ0n) is 16.7. The molecule has 0 aromatic heterocycles. The van der Waals surface area contributed by atoms with Crippen LogP contribution in [-0.4, -0.2) is 63.1 Å². The van der Waals surface area contributed by atoms with Crippen LogP contribution in [0.2, 0.25) is 0 Å². The summed E-state index contributed by atoms with van der Waals surface area (Å²) in [4.78, 5) is 38.3. The monoisotopic (exact) mass is 423 g/mol. The van der Waals surface area contributed by atoms with E-state index in [0.29, 0.717) is 0 Å². The van der Waals surface area contributed by atoms with Crippen molar-refractivity contribution in [2.45, 2.75) is 19.4 Å². The SMILES string of the molecule is CC(C#N)N1CCN=C1Cc1ccccc1.O=C(O)c1ccc(C(=O)O)c(C(=O)O)c1. The van der Waals surface area contributed by atoms with Crippen LogP contribution in [-0.2, 0) is 6.42 Å². The molecule has 1 aliphatic heterocycles. The molecule has 2 aromatic rings. The van der Waals surface area contributed by atoms with Crippen molar-refractivity contribution < 1.29 is 29.7 Å². The van der Waals surface area contributed by atoms with Crippen LogP contribution in [0.5, 0.6) is 0 Å². The maximum atomic E-state index is 10.6. The predicted octanol–water partition coefficient (Wildman–Crippen LogP) is 2.64. The molecule has 0 amide bonds. The number of carboxylic acids is 3. The standard InChI is InChI=1S/C13H15N3.C9H6O6/c1-11(10-14)16-8-7-15-13(16)9-12-5-3-2-4-6-12;10-7(11)4-1-2-5(8(12)13)6(3-4)9(14)15/h2-6,11H,7-9H2,1H3;1-3H,(H,10,11)(H,12,13)(H,14,15). The average Bonchev–Trinajstić information content (AvgIpc) is 3.21. The molecule has 0 fully saturated rings. The average molecular weight is 423 g/mol. The highest BCUT2D eigenvalue weighted by Crippen LogP contribution is 2.13. The van der Waals surface area contributed by atoms with Crippen LogP contribution in [0, 0.1) is 11.3 Å². The number of aromatic carboxylic acids is 3. The molecule has 1 unspecified atom stereocenters. The van der Waals surface area contributed by atoms with Crippen LogP contribution >= 0.6 is 0 Å². The molecule has 3 N–H and O–H groups in total. The van der Waals surface area contributed by atoms with Gasteiger partial charge in [0.25, 0.3) is 0 Å². The van der Waals surface area contributed by atoms with E-state index in [0.717, 1.165) is 43.5 Å². The molecule has 3 rings (SSSR count). The van der Waals surface area contributed by atoms with Crippen molar-refractivity contribution in [2.75, 3.05) is 13.1 Å². The van der Waals surface area contributed by atoms with Gasteiger partial charge in [0.1, 0.15) is 11.9 Å². The van der Waals surface area contributed by atoms with Gasteiger partial charge in [-0.25, -0.2) is 14.4 Å². The van der Waals surface area contributed by atoms with E-state index in [-0.39, 0.29) is 11.6 Å². The predicted molar refractivity (Wildman–Crippen MR) is 112 cm³/mol. The second-order valence-electron chi connectivity index (χ2n) is 6.63. The Bertz CT molecular complexity index is 1040. The Balaban J connectivity index is 0.000000221. The molecule has 31 heavy (non-hydrogen) atoms. The molecule has 9 heteroatoms. The van der Waals surface area contributed by atoms with E-state index in [1.807, 2.05) is 25.1 Å². The highest BCUT2D eigenvalue weighted by atomic mass is 16.4. The van der Waals surface area contributed by atoms with Crippen molar-refractivity contribution in [3.05, 3.63) is 70.8 Å². The summed E-state index contributed by atoms with van der Waals surface area (Å²) in [7, 11) is 0. The number of amidine groups is 1. The van der Waals surface area contributed by atoms with Crippen LogP contribution in [0.4, 0.5) is 0 Å². The molecule has 1 heterocycles. The van der Waals surface area contributed by atoms with E-state index in [9.17, 15) is 14.4 Å². The van der Waals surface area contributed by atoms with Gasteiger partial charge in [0.05, 0.1) is 29.3 Å². The molecule has 0 saturated carbocycles. The quantitative estimate of drug-likeness (QED) is 0.641. The molecule has 2 aromatic carbocycles. The van der Waals surface area contributed by atoms with E-state index in [2.05, 4.69) is 28.1 Å². The number of carbonyl (C=O) groups is 3. The summed E-state index contributed by atoms with van der Waals surface area (Å²) in [5.74, 6) is -3.16. The molecular weight excluding hydrogens is 402 g/mol. The van der Waals surface area contributed by atoms with Gasteiger partial charge < -0.3 is 20.2 Å². The number of nitrogens with zero attached hydrogens (tertiary/aromatic N) is 3. The minimum atomic E-state index is -1.48. The Hall–Kier alpha value is -4.19. The molecular formula is C22H21N3O6. The third-order valence-electron chi connectivity index (χ3n) is 4.55. The Labute approximate surface area is 178 Å². The largest absolute Gasteiger partial charge is 0.478 e. The van der Waals surface area contributed by atoms with Crippen LogP contribution in [0.3, 0.4) is 0 Å². The molecule has 1 aliphatic rings. The lowest BCUT2D eigenvalue weighted by atomic mass is 10.0. The minimum Gasteiger partial charge on any atom is -0.478 e. The van der Waals surface area contributed by atoms with Crippen molar-refractivity contribution >= 4 is 23.7 Å². The van der Waals surface area contributed by atoms with Gasteiger partial charge in [-0.15, -0.1) is 0 Å². The first-order valence-corrected chi connectivity index (χ1v) is 9.32. The van der Waals surface area contributed by atoms with E-state index in [1.54, 1.807) is 0 Å². The van der Waals surface area contributed by atoms with E-state index >= 15 is 0 Å². The molecule has 0 bridgehead atoms. The number of carboxylic acid groups (broad SMARTS) is 3. The van der Waals surface area contributed by atoms with Crippen molar-refractivity contribution in [1.29, 1.82) is 5.26 Å². The van der Waals surface area contributed by atoms with Gasteiger partial charge in [0.15, 0.2) is 0 Å². The first-order valence-electron chi connectivity index (χ1n) is 9.32. The molecule has 9 nitrogen and oxygen atoms in total. The van der Waals surface area contributed by atoms with Crippen LogP contribution in [0.15, 0.2) is 53.5 Å². The van der Waals surface area contributed by atoms with Crippen molar-refractivity contribution in [1.82, 2.24) is 4.90 Å². The lowest BCUT2D eigenvalue weighted by Crippen LogP contribution is -2.36. The number of hydrogen-bond donors (Lipinski definition) is 3. The zero-order chi connectivity index (χ0) is 23.0. The molecule has 0 spiro atoms. The number of benzene rings is 2. The van der Waals surface area contributed by atoms with Crippen molar-refractivity contribution in [3.8, 4) is 6.07 Å². The lowest BCUT2D eigenvalue weighted by Gasteiger charge is -2.22. The van der Waals surface area contributed by atoms with Gasteiger partial charge >= 0.3 is 17.9 Å². The minimum absolute atomic E-state index is 0.0787. The van der Waals surface area contributed by atoms with Gasteiger partial charge in [-0.05, 0) is 30.7 Å². The second kappa shape index (κ2) is 10.5.